The first-order valence-electron chi connectivity index (χ1n) is 5.51. The fourth-order valence-corrected chi connectivity index (χ4v) is 1.27. The number of ether oxygens (including phenoxy) is 1. The summed E-state index contributed by atoms with van der Waals surface area (Å²) >= 11 is 0. The molecule has 0 aromatic heterocycles. The third-order valence-corrected chi connectivity index (χ3v) is 3.03. The molecule has 4 heteroatoms. The molecule has 0 spiro atoms. The van der Waals surface area contributed by atoms with Gasteiger partial charge in [-0.2, -0.15) is 0 Å². The van der Waals surface area contributed by atoms with Crippen LogP contribution in [0.5, 0.6) is 5.75 Å². The normalized spacial score (nSPS) is 14.1. The van der Waals surface area contributed by atoms with E-state index in [-0.39, 0.29) is 6.61 Å². The van der Waals surface area contributed by atoms with Gasteiger partial charge < -0.3 is 15.2 Å². The Bertz CT molecular complexity index is 417. The predicted octanol–water partition coefficient (Wildman–Crippen LogP) is 1.74. The maximum absolute atomic E-state index is 11.1. The van der Waals surface area contributed by atoms with Crippen LogP contribution in [0.3, 0.4) is 0 Å². The molecule has 0 heterocycles. The monoisotopic (exact) mass is 237 g/mol. The molecular weight excluding hydrogens is 218 g/mol. The van der Waals surface area contributed by atoms with Crippen LogP contribution < -0.4 is 10.1 Å². The van der Waals surface area contributed by atoms with E-state index in [0.717, 1.165) is 5.56 Å². The van der Waals surface area contributed by atoms with Gasteiger partial charge in [0.2, 0.25) is 0 Å². The van der Waals surface area contributed by atoms with Crippen molar-refractivity contribution >= 4 is 5.97 Å². The molecule has 1 atom stereocenters. The van der Waals surface area contributed by atoms with Crippen LogP contribution in [0.25, 0.3) is 0 Å². The van der Waals surface area contributed by atoms with Crippen LogP contribution in [0.4, 0.5) is 0 Å². The zero-order chi connectivity index (χ0) is 13.1. The number of rotatable bonds is 5. The number of carbonyl (C=O) groups is 1. The van der Waals surface area contributed by atoms with E-state index in [4.69, 9.17) is 9.84 Å². The van der Waals surface area contributed by atoms with Gasteiger partial charge in [0.15, 0.2) is 0 Å². The molecule has 0 bridgehead atoms. The van der Waals surface area contributed by atoms with E-state index in [1.54, 1.807) is 14.0 Å². The first-order valence-corrected chi connectivity index (χ1v) is 5.51. The van der Waals surface area contributed by atoms with Gasteiger partial charge in [-0.15, -0.1) is 0 Å². The number of likely N-dealkylation sites (N-methyl/N-ethyl adjacent to an activating group) is 1. The topological polar surface area (TPSA) is 58.6 Å². The maximum Gasteiger partial charge on any atom is 0.327 e. The second kappa shape index (κ2) is 5.19. The van der Waals surface area contributed by atoms with Crippen molar-refractivity contribution in [1.82, 2.24) is 5.32 Å². The lowest BCUT2D eigenvalue weighted by Crippen LogP contribution is -2.52. The zero-order valence-electron chi connectivity index (χ0n) is 10.7. The quantitative estimate of drug-likeness (QED) is 0.819. The van der Waals surface area contributed by atoms with Crippen LogP contribution in [-0.4, -0.2) is 30.3 Å². The van der Waals surface area contributed by atoms with Gasteiger partial charge in [0.05, 0.1) is 0 Å². The van der Waals surface area contributed by atoms with Crippen LogP contribution >= 0.6 is 0 Å². The SMILES string of the molecule is CNC(C)(COc1ccc(C)c(C)c1)C(=O)O. The molecule has 0 saturated heterocycles. The van der Waals surface area contributed by atoms with E-state index in [0.29, 0.717) is 5.75 Å². The van der Waals surface area contributed by atoms with Crippen LogP contribution in [0.2, 0.25) is 0 Å². The van der Waals surface area contributed by atoms with Crippen molar-refractivity contribution in [3.63, 3.8) is 0 Å². The van der Waals surface area contributed by atoms with Gasteiger partial charge in [0, 0.05) is 0 Å². The van der Waals surface area contributed by atoms with Gasteiger partial charge in [-0.3, -0.25) is 4.79 Å². The average molecular weight is 237 g/mol. The standard InChI is InChI=1S/C13H19NO3/c1-9-5-6-11(7-10(9)2)17-8-13(3,14-4)12(15)16/h5-7,14H,8H2,1-4H3,(H,15,16). The summed E-state index contributed by atoms with van der Waals surface area (Å²) in [6.07, 6.45) is 0. The van der Waals surface area contributed by atoms with Gasteiger partial charge in [0.25, 0.3) is 0 Å². The molecule has 94 valence electrons. The van der Waals surface area contributed by atoms with Crippen molar-refractivity contribution in [3.05, 3.63) is 29.3 Å². The minimum atomic E-state index is -1.07. The molecule has 0 fully saturated rings. The van der Waals surface area contributed by atoms with Crippen molar-refractivity contribution in [2.45, 2.75) is 26.3 Å². The highest BCUT2D eigenvalue weighted by molar-refractivity contribution is 5.78. The van der Waals surface area contributed by atoms with Gasteiger partial charge in [-0.1, -0.05) is 6.07 Å². The Morgan fingerprint density at radius 2 is 2.06 bits per heavy atom. The molecule has 2 N–H and O–H groups in total. The fourth-order valence-electron chi connectivity index (χ4n) is 1.27. The molecule has 0 aliphatic rings. The highest BCUT2D eigenvalue weighted by Crippen LogP contribution is 2.17. The molecule has 4 nitrogen and oxygen atoms in total. The highest BCUT2D eigenvalue weighted by Gasteiger charge is 2.32. The van der Waals surface area contributed by atoms with Gasteiger partial charge in [-0.05, 0) is 51.1 Å². The number of aryl methyl sites for hydroxylation is 2. The molecule has 0 saturated carbocycles. The predicted molar refractivity (Wildman–Crippen MR) is 66.5 cm³/mol. The minimum absolute atomic E-state index is 0.0847. The van der Waals surface area contributed by atoms with Crippen LogP contribution in [0.1, 0.15) is 18.1 Å². The molecule has 0 aliphatic carbocycles. The molecule has 0 aliphatic heterocycles. The van der Waals surface area contributed by atoms with Crippen molar-refractivity contribution in [2.24, 2.45) is 0 Å². The zero-order valence-corrected chi connectivity index (χ0v) is 10.7. The van der Waals surface area contributed by atoms with Crippen LogP contribution in [0.15, 0.2) is 18.2 Å². The molecule has 1 aromatic rings. The summed E-state index contributed by atoms with van der Waals surface area (Å²) < 4.78 is 5.52. The van der Waals surface area contributed by atoms with Crippen molar-refractivity contribution in [1.29, 1.82) is 0 Å². The van der Waals surface area contributed by atoms with Gasteiger partial charge in [0.1, 0.15) is 17.9 Å². The largest absolute Gasteiger partial charge is 0.491 e. The molecule has 1 rings (SSSR count). The number of benzene rings is 1. The summed E-state index contributed by atoms with van der Waals surface area (Å²) in [5.41, 5.74) is 1.25. The Morgan fingerprint density at radius 3 is 2.53 bits per heavy atom. The number of nitrogens with one attached hydrogen (secondary N) is 1. The second-order valence-corrected chi connectivity index (χ2v) is 4.42. The summed E-state index contributed by atoms with van der Waals surface area (Å²) in [4.78, 5) is 11.1. The molecule has 1 unspecified atom stereocenters. The third kappa shape index (κ3) is 3.20. The van der Waals surface area contributed by atoms with Crippen molar-refractivity contribution in [3.8, 4) is 5.75 Å². The Hall–Kier alpha value is -1.55. The fraction of sp³-hybridized carbons (Fsp3) is 0.462. The second-order valence-electron chi connectivity index (χ2n) is 4.42. The minimum Gasteiger partial charge on any atom is -0.491 e. The van der Waals surface area contributed by atoms with Crippen LogP contribution in [-0.2, 0) is 4.79 Å². The first kappa shape index (κ1) is 13.5. The van der Waals surface area contributed by atoms with Crippen molar-refractivity contribution in [2.75, 3.05) is 13.7 Å². The number of hydrogen-bond acceptors (Lipinski definition) is 3. The smallest absolute Gasteiger partial charge is 0.327 e. The molecular formula is C13H19NO3. The van der Waals surface area contributed by atoms with E-state index in [1.807, 2.05) is 32.0 Å². The Morgan fingerprint density at radius 1 is 1.41 bits per heavy atom. The van der Waals surface area contributed by atoms with E-state index in [9.17, 15) is 4.79 Å². The highest BCUT2D eigenvalue weighted by atomic mass is 16.5. The van der Waals surface area contributed by atoms with E-state index < -0.39 is 11.5 Å². The van der Waals surface area contributed by atoms with Gasteiger partial charge in [-0.25, -0.2) is 0 Å². The summed E-state index contributed by atoms with van der Waals surface area (Å²) in [5, 5.41) is 11.8. The lowest BCUT2D eigenvalue weighted by Gasteiger charge is -2.24. The lowest BCUT2D eigenvalue weighted by atomic mass is 10.1. The average Bonchev–Trinajstić information content (AvgIpc) is 2.30. The van der Waals surface area contributed by atoms with E-state index in [2.05, 4.69) is 5.32 Å². The Balaban J connectivity index is 2.73. The maximum atomic E-state index is 11.1. The van der Waals surface area contributed by atoms with Crippen molar-refractivity contribution < 1.29 is 14.6 Å². The first-order chi connectivity index (χ1) is 7.89. The number of carboxylic acid groups (broad SMARTS) is 1. The summed E-state index contributed by atoms with van der Waals surface area (Å²) in [6.45, 7) is 5.70. The summed E-state index contributed by atoms with van der Waals surface area (Å²) in [5.74, 6) is -0.236. The van der Waals surface area contributed by atoms with Gasteiger partial charge >= 0.3 is 5.97 Å². The van der Waals surface area contributed by atoms with E-state index >= 15 is 0 Å². The number of hydrogen-bond donors (Lipinski definition) is 2. The Kier molecular flexibility index (Phi) is 4.12. The van der Waals surface area contributed by atoms with E-state index in [1.165, 1.54) is 5.56 Å². The third-order valence-electron chi connectivity index (χ3n) is 3.03. The Labute approximate surface area is 102 Å². The lowest BCUT2D eigenvalue weighted by molar-refractivity contribution is -0.145. The number of carboxylic acids is 1. The molecule has 1 aromatic carbocycles. The molecule has 0 amide bonds. The molecule has 17 heavy (non-hydrogen) atoms. The van der Waals surface area contributed by atoms with Crippen LogP contribution in [0, 0.1) is 13.8 Å². The summed E-state index contributed by atoms with van der Waals surface area (Å²) in [7, 11) is 1.61. The summed E-state index contributed by atoms with van der Waals surface area (Å²) in [6, 6.07) is 5.72. The molecule has 0 radical (unpaired) electrons. The number of aliphatic carboxylic acids is 1.